The summed E-state index contributed by atoms with van der Waals surface area (Å²) in [5.41, 5.74) is 8.46. The van der Waals surface area contributed by atoms with Crippen molar-refractivity contribution in [2.75, 3.05) is 12.4 Å². The molecule has 1 heterocycles. The van der Waals surface area contributed by atoms with Crippen LogP contribution >= 0.6 is 0 Å². The van der Waals surface area contributed by atoms with Crippen molar-refractivity contribution < 1.29 is 19.1 Å². The summed E-state index contributed by atoms with van der Waals surface area (Å²) in [6, 6.07) is 13.3. The van der Waals surface area contributed by atoms with E-state index in [2.05, 4.69) is 10.4 Å². The number of nitrogens with one attached hydrogen (secondary N) is 1. The Kier molecular flexibility index (Phi) is 6.71. The van der Waals surface area contributed by atoms with Gasteiger partial charge in [0.2, 0.25) is 5.91 Å². The van der Waals surface area contributed by atoms with Crippen LogP contribution in [0.4, 0.5) is 5.69 Å². The van der Waals surface area contributed by atoms with E-state index in [1.165, 1.54) is 17.0 Å². The first kappa shape index (κ1) is 21.6. The number of carbonyl (C=O) groups is 2. The third-order valence-corrected chi connectivity index (χ3v) is 4.55. The highest BCUT2D eigenvalue weighted by Gasteiger charge is 2.15. The topological polar surface area (TPSA) is 108 Å². The van der Waals surface area contributed by atoms with Crippen LogP contribution in [0.25, 0.3) is 6.08 Å². The third-order valence-electron chi connectivity index (χ3n) is 4.55. The summed E-state index contributed by atoms with van der Waals surface area (Å²) in [6.45, 7) is 2.32. The second-order valence-electron chi connectivity index (χ2n) is 6.89. The number of aryl methyl sites for hydroxylation is 2. The largest absolute Gasteiger partial charge is 0.496 e. The summed E-state index contributed by atoms with van der Waals surface area (Å²) >= 11 is 0. The van der Waals surface area contributed by atoms with Crippen molar-refractivity contribution in [2.24, 2.45) is 12.8 Å². The van der Waals surface area contributed by atoms with Gasteiger partial charge in [-0.1, -0.05) is 18.2 Å². The number of amides is 2. The van der Waals surface area contributed by atoms with E-state index in [1.54, 1.807) is 20.2 Å². The number of carbonyl (C=O) groups excluding carboxylic acids is 2. The number of aromatic nitrogens is 2. The van der Waals surface area contributed by atoms with Crippen LogP contribution in [-0.2, 0) is 18.4 Å². The molecule has 0 saturated carbocycles. The Morgan fingerprint density at radius 3 is 2.74 bits per heavy atom. The predicted molar refractivity (Wildman–Crippen MR) is 118 cm³/mol. The molecule has 8 heteroatoms. The molecule has 0 unspecified atom stereocenters. The minimum Gasteiger partial charge on any atom is -0.496 e. The van der Waals surface area contributed by atoms with E-state index in [0.29, 0.717) is 12.4 Å². The lowest BCUT2D eigenvalue weighted by atomic mass is 10.1. The first-order chi connectivity index (χ1) is 14.9. The van der Waals surface area contributed by atoms with Crippen molar-refractivity contribution in [3.05, 3.63) is 77.1 Å². The molecule has 3 rings (SSSR count). The molecule has 0 bridgehead atoms. The lowest BCUT2D eigenvalue weighted by Crippen LogP contribution is -2.19. The van der Waals surface area contributed by atoms with Crippen molar-refractivity contribution in [3.8, 4) is 11.5 Å². The fourth-order valence-electron chi connectivity index (χ4n) is 3.05. The Labute approximate surface area is 180 Å². The van der Waals surface area contributed by atoms with E-state index < -0.39 is 11.8 Å². The smallest absolute Gasteiger partial charge is 0.269 e. The fraction of sp³-hybridized carbons (Fsp3) is 0.174. The van der Waals surface area contributed by atoms with Gasteiger partial charge in [-0.25, -0.2) is 0 Å². The average Bonchev–Trinajstić information content (AvgIpc) is 3.11. The maximum absolute atomic E-state index is 12.3. The summed E-state index contributed by atoms with van der Waals surface area (Å²) in [5.74, 6) is 0.372. The Morgan fingerprint density at radius 2 is 2.03 bits per heavy atom. The average molecular weight is 420 g/mol. The van der Waals surface area contributed by atoms with Crippen molar-refractivity contribution in [3.63, 3.8) is 0 Å². The zero-order valence-electron chi connectivity index (χ0n) is 17.6. The van der Waals surface area contributed by atoms with E-state index in [0.717, 1.165) is 22.4 Å². The molecular weight excluding hydrogens is 396 g/mol. The van der Waals surface area contributed by atoms with Gasteiger partial charge in [0, 0.05) is 18.7 Å². The van der Waals surface area contributed by atoms with Gasteiger partial charge < -0.3 is 20.5 Å². The number of rotatable bonds is 8. The summed E-state index contributed by atoms with van der Waals surface area (Å²) in [6.07, 6.45) is 4.40. The lowest BCUT2D eigenvalue weighted by Gasteiger charge is -2.11. The molecule has 0 fully saturated rings. The molecule has 0 aliphatic heterocycles. The zero-order valence-corrected chi connectivity index (χ0v) is 17.6. The Morgan fingerprint density at radius 1 is 1.23 bits per heavy atom. The van der Waals surface area contributed by atoms with Crippen LogP contribution in [0.1, 0.15) is 27.2 Å². The molecular formula is C23H24N4O4. The number of ether oxygens (including phenoxy) is 2. The van der Waals surface area contributed by atoms with Crippen LogP contribution in [0.2, 0.25) is 0 Å². The normalized spacial score (nSPS) is 10.8. The number of primary amides is 1. The van der Waals surface area contributed by atoms with Gasteiger partial charge in [-0.05, 0) is 48.4 Å². The number of anilines is 1. The quantitative estimate of drug-likeness (QED) is 0.545. The second-order valence-corrected chi connectivity index (χ2v) is 6.89. The summed E-state index contributed by atoms with van der Waals surface area (Å²) in [7, 11) is 3.17. The summed E-state index contributed by atoms with van der Waals surface area (Å²) in [5, 5.41) is 6.55. The molecule has 0 aliphatic carbocycles. The van der Waals surface area contributed by atoms with E-state index in [4.69, 9.17) is 15.2 Å². The number of hydrogen-bond acceptors (Lipinski definition) is 5. The van der Waals surface area contributed by atoms with Crippen LogP contribution in [0.15, 0.2) is 54.7 Å². The molecule has 1 aromatic heterocycles. The van der Waals surface area contributed by atoms with Gasteiger partial charge >= 0.3 is 0 Å². The van der Waals surface area contributed by atoms with Crippen molar-refractivity contribution in [2.45, 2.75) is 13.5 Å². The molecule has 0 saturated heterocycles. The molecule has 0 aliphatic rings. The monoisotopic (exact) mass is 420 g/mol. The zero-order chi connectivity index (χ0) is 22.4. The van der Waals surface area contributed by atoms with Crippen LogP contribution in [0, 0.1) is 6.92 Å². The highest BCUT2D eigenvalue weighted by molar-refractivity contribution is 6.06. The maximum Gasteiger partial charge on any atom is 0.269 e. The fourth-order valence-corrected chi connectivity index (χ4v) is 3.05. The Balaban J connectivity index is 1.71. The molecule has 2 amide bonds. The van der Waals surface area contributed by atoms with Crippen LogP contribution in [0.5, 0.6) is 11.5 Å². The van der Waals surface area contributed by atoms with Gasteiger partial charge in [0.25, 0.3) is 5.91 Å². The van der Waals surface area contributed by atoms with Crippen LogP contribution in [0.3, 0.4) is 0 Å². The Bertz CT molecular complexity index is 1130. The minimum atomic E-state index is -0.673. The second kappa shape index (κ2) is 9.62. The van der Waals surface area contributed by atoms with Crippen LogP contribution < -0.4 is 20.5 Å². The highest BCUT2D eigenvalue weighted by atomic mass is 16.5. The molecule has 2 aromatic carbocycles. The number of nitrogens with zero attached hydrogens (tertiary/aromatic N) is 2. The number of nitrogens with two attached hydrogens (primary N) is 1. The molecule has 3 aromatic rings. The molecule has 8 nitrogen and oxygen atoms in total. The first-order valence-electron chi connectivity index (χ1n) is 9.54. The van der Waals surface area contributed by atoms with E-state index in [9.17, 15) is 9.59 Å². The molecule has 0 spiro atoms. The molecule has 0 atom stereocenters. The molecule has 31 heavy (non-hydrogen) atoms. The van der Waals surface area contributed by atoms with Gasteiger partial charge in [0.1, 0.15) is 23.8 Å². The Hall–Kier alpha value is -4.07. The van der Waals surface area contributed by atoms with Gasteiger partial charge in [-0.3, -0.25) is 14.3 Å². The first-order valence-corrected chi connectivity index (χ1v) is 9.54. The van der Waals surface area contributed by atoms with E-state index in [-0.39, 0.29) is 11.4 Å². The summed E-state index contributed by atoms with van der Waals surface area (Å²) < 4.78 is 12.6. The SMILES string of the molecule is COc1ccc(/C=C/C(=O)Nc2cnn(C)c2C(N)=O)cc1COc1cccc(C)c1. The molecule has 160 valence electrons. The van der Waals surface area contributed by atoms with Gasteiger partial charge in [-0.2, -0.15) is 5.10 Å². The van der Waals surface area contributed by atoms with Crippen molar-refractivity contribution in [1.82, 2.24) is 9.78 Å². The van der Waals surface area contributed by atoms with E-state index >= 15 is 0 Å². The number of hydrogen-bond donors (Lipinski definition) is 2. The van der Waals surface area contributed by atoms with Gasteiger partial charge in [-0.15, -0.1) is 0 Å². The number of methoxy groups -OCH3 is 1. The third kappa shape index (κ3) is 5.51. The number of benzene rings is 2. The van der Waals surface area contributed by atoms with Gasteiger partial charge in [0.05, 0.1) is 19.0 Å². The van der Waals surface area contributed by atoms with E-state index in [1.807, 2.05) is 49.4 Å². The molecule has 0 radical (unpaired) electrons. The minimum absolute atomic E-state index is 0.127. The van der Waals surface area contributed by atoms with Crippen LogP contribution in [-0.4, -0.2) is 28.7 Å². The van der Waals surface area contributed by atoms with Crippen molar-refractivity contribution >= 4 is 23.6 Å². The maximum atomic E-state index is 12.3. The predicted octanol–water partition coefficient (Wildman–Crippen LogP) is 3.07. The standard InChI is InChI=1S/C23H24N4O4/c1-15-5-4-6-18(11-15)31-14-17-12-16(7-9-20(17)30-3)8-10-21(28)26-19-13-25-27(2)22(19)23(24)29/h4-13H,14H2,1-3H3,(H2,24,29)(H,26,28)/b10-8+. The summed E-state index contributed by atoms with van der Waals surface area (Å²) in [4.78, 5) is 23.8. The van der Waals surface area contributed by atoms with Gasteiger partial charge in [0.15, 0.2) is 0 Å². The van der Waals surface area contributed by atoms with Crippen molar-refractivity contribution in [1.29, 1.82) is 0 Å². The molecule has 3 N–H and O–H groups in total. The lowest BCUT2D eigenvalue weighted by molar-refractivity contribution is -0.111. The highest BCUT2D eigenvalue weighted by Crippen LogP contribution is 2.23.